The monoisotopic (exact) mass is 218 g/mol. The molecule has 15 heavy (non-hydrogen) atoms. The highest BCUT2D eigenvalue weighted by atomic mass is 16.7. The van der Waals surface area contributed by atoms with E-state index in [-0.39, 0.29) is 19.1 Å². The first-order valence-corrected chi connectivity index (χ1v) is 4.84. The molecule has 0 aromatic heterocycles. The summed E-state index contributed by atoms with van der Waals surface area (Å²) >= 11 is 0. The standard InChI is InChI=1S/C9H14O6/c1-12-7(11)2-8-14-4-6-9(15-8)5(10)3-13-6/h5-6,8-10H,2-4H2,1H3/t5-,6+,8-,9+/m1/s1. The Hall–Kier alpha value is -0.690. The van der Waals surface area contributed by atoms with Gasteiger partial charge in [0.2, 0.25) is 0 Å². The quantitative estimate of drug-likeness (QED) is 0.602. The Morgan fingerprint density at radius 1 is 1.47 bits per heavy atom. The molecule has 0 unspecified atom stereocenters. The summed E-state index contributed by atoms with van der Waals surface area (Å²) in [5, 5.41) is 9.51. The third-order valence-corrected chi connectivity index (χ3v) is 2.54. The highest BCUT2D eigenvalue weighted by molar-refractivity contribution is 5.69. The zero-order valence-electron chi connectivity index (χ0n) is 8.42. The molecular formula is C9H14O6. The predicted molar refractivity (Wildman–Crippen MR) is 47.0 cm³/mol. The van der Waals surface area contributed by atoms with Gasteiger partial charge in [-0.05, 0) is 0 Å². The van der Waals surface area contributed by atoms with Crippen LogP contribution >= 0.6 is 0 Å². The van der Waals surface area contributed by atoms with Gasteiger partial charge in [0.15, 0.2) is 6.29 Å². The van der Waals surface area contributed by atoms with Gasteiger partial charge in [-0.15, -0.1) is 0 Å². The highest BCUT2D eigenvalue weighted by Gasteiger charge is 2.43. The van der Waals surface area contributed by atoms with Crippen LogP contribution in [0.4, 0.5) is 0 Å². The second-order valence-electron chi connectivity index (χ2n) is 3.58. The topological polar surface area (TPSA) is 74.2 Å². The number of carbonyl (C=O) groups excluding carboxylic acids is 1. The van der Waals surface area contributed by atoms with Gasteiger partial charge in [-0.25, -0.2) is 0 Å². The van der Waals surface area contributed by atoms with E-state index >= 15 is 0 Å². The number of hydrogen-bond donors (Lipinski definition) is 1. The number of fused-ring (bicyclic) bond motifs is 1. The smallest absolute Gasteiger partial charge is 0.310 e. The summed E-state index contributed by atoms with van der Waals surface area (Å²) in [5.41, 5.74) is 0. The van der Waals surface area contributed by atoms with E-state index in [1.54, 1.807) is 0 Å². The SMILES string of the molecule is COC(=O)C[C@@H]1OC[C@@H]2OC[C@@H](O)[C@@H]2O1. The molecule has 0 saturated carbocycles. The van der Waals surface area contributed by atoms with Crippen molar-refractivity contribution in [2.75, 3.05) is 20.3 Å². The van der Waals surface area contributed by atoms with Crippen LogP contribution in [-0.2, 0) is 23.7 Å². The molecule has 86 valence electrons. The van der Waals surface area contributed by atoms with Crippen molar-refractivity contribution < 1.29 is 28.8 Å². The largest absolute Gasteiger partial charge is 0.469 e. The Bertz CT molecular complexity index is 243. The van der Waals surface area contributed by atoms with Crippen molar-refractivity contribution in [2.24, 2.45) is 0 Å². The molecule has 0 bridgehead atoms. The van der Waals surface area contributed by atoms with E-state index in [0.29, 0.717) is 6.61 Å². The van der Waals surface area contributed by atoms with Crippen molar-refractivity contribution in [1.82, 2.24) is 0 Å². The van der Waals surface area contributed by atoms with E-state index in [1.165, 1.54) is 7.11 Å². The molecule has 0 aliphatic carbocycles. The van der Waals surface area contributed by atoms with Crippen molar-refractivity contribution in [3.63, 3.8) is 0 Å². The maximum absolute atomic E-state index is 11.0. The van der Waals surface area contributed by atoms with Crippen molar-refractivity contribution in [2.45, 2.75) is 31.0 Å². The average molecular weight is 218 g/mol. The Kier molecular flexibility index (Phi) is 3.20. The molecule has 0 amide bonds. The summed E-state index contributed by atoms with van der Waals surface area (Å²) in [7, 11) is 1.31. The lowest BCUT2D eigenvalue weighted by Gasteiger charge is -2.31. The Morgan fingerprint density at radius 3 is 3.00 bits per heavy atom. The van der Waals surface area contributed by atoms with Crippen LogP contribution in [0.25, 0.3) is 0 Å². The second-order valence-corrected chi connectivity index (χ2v) is 3.58. The fourth-order valence-corrected chi connectivity index (χ4v) is 1.72. The number of aliphatic hydroxyl groups excluding tert-OH is 1. The van der Waals surface area contributed by atoms with Crippen molar-refractivity contribution in [3.05, 3.63) is 0 Å². The normalized spacial score (nSPS) is 39.9. The first-order chi connectivity index (χ1) is 7.20. The minimum Gasteiger partial charge on any atom is -0.469 e. The maximum Gasteiger partial charge on any atom is 0.310 e. The molecule has 0 radical (unpaired) electrons. The average Bonchev–Trinajstić information content (AvgIpc) is 2.60. The first-order valence-electron chi connectivity index (χ1n) is 4.84. The number of methoxy groups -OCH3 is 1. The van der Waals surface area contributed by atoms with Crippen LogP contribution in [0.1, 0.15) is 6.42 Å². The van der Waals surface area contributed by atoms with Gasteiger partial charge in [0, 0.05) is 0 Å². The molecule has 0 aromatic carbocycles. The molecule has 2 rings (SSSR count). The van der Waals surface area contributed by atoms with Gasteiger partial charge >= 0.3 is 5.97 Å². The summed E-state index contributed by atoms with van der Waals surface area (Å²) in [6.07, 6.45) is -1.87. The van der Waals surface area contributed by atoms with E-state index < -0.39 is 24.5 Å². The van der Waals surface area contributed by atoms with Gasteiger partial charge in [-0.1, -0.05) is 0 Å². The van der Waals surface area contributed by atoms with Crippen LogP contribution in [-0.4, -0.2) is 56.0 Å². The van der Waals surface area contributed by atoms with Gasteiger partial charge in [-0.3, -0.25) is 4.79 Å². The van der Waals surface area contributed by atoms with E-state index in [9.17, 15) is 9.90 Å². The predicted octanol–water partition coefficient (Wildman–Crippen LogP) is -0.949. The van der Waals surface area contributed by atoms with Crippen molar-refractivity contribution in [1.29, 1.82) is 0 Å². The number of ether oxygens (including phenoxy) is 4. The number of carbonyl (C=O) groups is 1. The van der Waals surface area contributed by atoms with Crippen LogP contribution in [0.5, 0.6) is 0 Å². The molecule has 2 aliphatic heterocycles. The van der Waals surface area contributed by atoms with E-state index in [4.69, 9.17) is 14.2 Å². The number of aliphatic hydroxyl groups is 1. The molecule has 0 spiro atoms. The molecule has 2 aliphatic rings. The molecule has 6 nitrogen and oxygen atoms in total. The fraction of sp³-hybridized carbons (Fsp3) is 0.889. The molecule has 2 saturated heterocycles. The van der Waals surface area contributed by atoms with Gasteiger partial charge in [-0.2, -0.15) is 0 Å². The first kappa shape index (κ1) is 10.8. The van der Waals surface area contributed by atoms with E-state index in [2.05, 4.69) is 4.74 Å². The Morgan fingerprint density at radius 2 is 2.27 bits per heavy atom. The summed E-state index contributed by atoms with van der Waals surface area (Å²) in [6, 6.07) is 0. The molecule has 2 heterocycles. The summed E-state index contributed by atoms with van der Waals surface area (Å²) in [6.45, 7) is 0.590. The van der Waals surface area contributed by atoms with Crippen LogP contribution in [0.3, 0.4) is 0 Å². The Balaban J connectivity index is 1.88. The van der Waals surface area contributed by atoms with E-state index in [0.717, 1.165) is 0 Å². The number of esters is 1. The van der Waals surface area contributed by atoms with Crippen LogP contribution in [0.15, 0.2) is 0 Å². The third-order valence-electron chi connectivity index (χ3n) is 2.54. The molecule has 1 N–H and O–H groups in total. The summed E-state index contributed by atoms with van der Waals surface area (Å²) in [5.74, 6) is -0.396. The van der Waals surface area contributed by atoms with E-state index in [1.807, 2.05) is 0 Å². The van der Waals surface area contributed by atoms with Gasteiger partial charge < -0.3 is 24.1 Å². The maximum atomic E-state index is 11.0. The number of hydrogen-bond acceptors (Lipinski definition) is 6. The minimum absolute atomic E-state index is 0.0342. The molecule has 0 aromatic rings. The van der Waals surface area contributed by atoms with Crippen LogP contribution in [0.2, 0.25) is 0 Å². The lowest BCUT2D eigenvalue weighted by Crippen LogP contribution is -2.46. The van der Waals surface area contributed by atoms with Gasteiger partial charge in [0.25, 0.3) is 0 Å². The zero-order valence-corrected chi connectivity index (χ0v) is 8.42. The molecular weight excluding hydrogens is 204 g/mol. The zero-order chi connectivity index (χ0) is 10.8. The van der Waals surface area contributed by atoms with Gasteiger partial charge in [0.05, 0.1) is 26.7 Å². The highest BCUT2D eigenvalue weighted by Crippen LogP contribution is 2.25. The summed E-state index contributed by atoms with van der Waals surface area (Å²) < 4.78 is 20.4. The fourth-order valence-electron chi connectivity index (χ4n) is 1.72. The van der Waals surface area contributed by atoms with Crippen LogP contribution in [0, 0.1) is 0 Å². The van der Waals surface area contributed by atoms with Gasteiger partial charge in [0.1, 0.15) is 18.3 Å². The lowest BCUT2D eigenvalue weighted by molar-refractivity contribution is -0.249. The Labute approximate surface area is 87.1 Å². The van der Waals surface area contributed by atoms with Crippen molar-refractivity contribution >= 4 is 5.97 Å². The molecule has 2 fully saturated rings. The molecule has 6 heteroatoms. The third kappa shape index (κ3) is 2.28. The lowest BCUT2D eigenvalue weighted by atomic mass is 10.1. The van der Waals surface area contributed by atoms with Crippen LogP contribution < -0.4 is 0 Å². The second kappa shape index (κ2) is 4.44. The molecule has 4 atom stereocenters. The van der Waals surface area contributed by atoms with Crippen molar-refractivity contribution in [3.8, 4) is 0 Å². The number of rotatable bonds is 2. The summed E-state index contributed by atoms with van der Waals surface area (Å²) in [4.78, 5) is 11.0. The minimum atomic E-state index is -0.643.